The smallest absolute Gasteiger partial charge is 0.478 e. The number of hydrogen-bond donors (Lipinski definition) is 4. The van der Waals surface area contributed by atoms with Crippen molar-refractivity contribution in [2.75, 3.05) is 0 Å². The molecule has 12 nitrogen and oxygen atoms in total. The maximum atomic E-state index is 12.7. The molecule has 291 valence electrons. The van der Waals surface area contributed by atoms with E-state index in [2.05, 4.69) is 10.6 Å². The Kier molecular flexibility index (Phi) is 9.19. The van der Waals surface area contributed by atoms with E-state index in [1.54, 1.807) is 54.9 Å². The first kappa shape index (κ1) is 38.5. The zero-order valence-corrected chi connectivity index (χ0v) is 34.0. The summed E-state index contributed by atoms with van der Waals surface area (Å²) in [6.45, 7) is 0. The van der Waals surface area contributed by atoms with Gasteiger partial charge in [-0.25, -0.2) is 19.2 Å². The molecule has 0 saturated heterocycles. The molecule has 0 fully saturated rings. The van der Waals surface area contributed by atoms with Gasteiger partial charge in [0.1, 0.15) is 15.4 Å². The van der Waals surface area contributed by atoms with Gasteiger partial charge in [0.05, 0.1) is 16.7 Å². The number of carbonyl (C=O) groups is 4. The Hall–Kier alpha value is -7.06. The van der Waals surface area contributed by atoms with Crippen molar-refractivity contribution in [2.24, 2.45) is 0 Å². The van der Waals surface area contributed by atoms with E-state index in [1.807, 2.05) is 69.8 Å². The van der Waals surface area contributed by atoms with Crippen LogP contribution in [0.15, 0.2) is 134 Å². The summed E-state index contributed by atoms with van der Waals surface area (Å²) >= 11 is 2.23. The van der Waals surface area contributed by atoms with Crippen LogP contribution in [0.4, 0.5) is 0 Å². The maximum Gasteiger partial charge on any atom is 1.00 e. The molecule has 0 saturated carbocycles. The van der Waals surface area contributed by atoms with Crippen molar-refractivity contribution < 1.29 is 72.8 Å². The predicted octanol–water partition coefficient (Wildman–Crippen LogP) is 7.04. The Morgan fingerprint density at radius 2 is 1.13 bits per heavy atom. The number of fused-ring (bicyclic) bond motifs is 6. The van der Waals surface area contributed by atoms with E-state index in [-0.39, 0.29) is 40.4 Å². The third kappa shape index (κ3) is 5.81. The van der Waals surface area contributed by atoms with Gasteiger partial charge in [-0.15, -0.1) is 58.6 Å². The van der Waals surface area contributed by atoms with Crippen molar-refractivity contribution in [2.45, 2.75) is 5.79 Å². The molecule has 2 aliphatic rings. The molecule has 0 bridgehead atoms. The molecule has 2 aromatic carbocycles. The molecule has 6 aromatic heterocycles. The number of aromatic nitrogens is 4. The zero-order chi connectivity index (χ0) is 40.7. The largest absolute Gasteiger partial charge is 1.00 e. The van der Waals surface area contributed by atoms with E-state index >= 15 is 0 Å². The van der Waals surface area contributed by atoms with Crippen molar-refractivity contribution in [3.8, 4) is 66.2 Å². The average molecular weight is 916 g/mol. The predicted molar refractivity (Wildman–Crippen MR) is 214 cm³/mol. The molecule has 0 aliphatic carbocycles. The second kappa shape index (κ2) is 14.3. The number of carboxylic acid groups (broad SMARTS) is 4. The van der Waals surface area contributed by atoms with E-state index in [4.69, 9.17) is 4.98 Å². The van der Waals surface area contributed by atoms with Gasteiger partial charge in [0.15, 0.2) is 18.0 Å². The second-order valence-corrected chi connectivity index (χ2v) is 16.0. The van der Waals surface area contributed by atoms with Gasteiger partial charge in [-0.1, -0.05) is 31.9 Å². The van der Waals surface area contributed by atoms with Crippen LogP contribution in [0, 0.1) is 6.07 Å². The normalized spacial score (nSPS) is 14.1. The topological polar surface area (TPSA) is 174 Å². The van der Waals surface area contributed by atoms with Crippen LogP contribution in [0.3, 0.4) is 0 Å². The monoisotopic (exact) mass is 916 g/mol. The summed E-state index contributed by atoms with van der Waals surface area (Å²) < 4.78 is 5.99. The molecule has 1 atom stereocenters. The summed E-state index contributed by atoms with van der Waals surface area (Å²) in [5.74, 6) is -5.73. The molecule has 10 rings (SSSR count). The molecule has 2 aliphatic heterocycles. The first-order valence-corrected chi connectivity index (χ1v) is 19.6. The van der Waals surface area contributed by atoms with E-state index in [0.29, 0.717) is 49.4 Å². The molecule has 8 aromatic rings. The van der Waals surface area contributed by atoms with Crippen LogP contribution in [-0.2, 0) is 25.3 Å². The Balaban J connectivity index is 0.00000462. The van der Waals surface area contributed by atoms with Crippen LogP contribution < -0.4 is 13.7 Å². The quantitative estimate of drug-likeness (QED) is 0.0673. The van der Waals surface area contributed by atoms with Gasteiger partial charge in [0.2, 0.25) is 11.4 Å². The van der Waals surface area contributed by atoms with E-state index in [1.165, 1.54) is 18.2 Å². The van der Waals surface area contributed by atoms with Crippen LogP contribution in [-0.4, -0.2) is 49.3 Å². The molecular formula is C45H26N4O8RuS2+3. The second-order valence-electron chi connectivity index (χ2n) is 13.8. The summed E-state index contributed by atoms with van der Waals surface area (Å²) in [5, 5.41) is 40.1. The van der Waals surface area contributed by atoms with Crippen molar-refractivity contribution >= 4 is 46.6 Å². The minimum atomic E-state index is -1.34. The van der Waals surface area contributed by atoms with Crippen molar-refractivity contribution in [3.05, 3.63) is 166 Å². The number of nitrogens with zero attached hydrogens (tertiary/aromatic N) is 4. The van der Waals surface area contributed by atoms with Crippen LogP contribution in [0.5, 0.6) is 0 Å². The van der Waals surface area contributed by atoms with Crippen LogP contribution in [0.25, 0.3) is 66.2 Å². The molecule has 1 unspecified atom stereocenters. The summed E-state index contributed by atoms with van der Waals surface area (Å²) in [7, 11) is 0. The molecule has 60 heavy (non-hydrogen) atoms. The SMILES string of the molecule is O=C(O)c1cc[n+](C23c4ccccc4-c4cc(-c5ccc(C(=O)O)s5)cc([n+]42)-c2cc(C(=O)O)cc[n+]23)c(-c2cc(-c3ccc(C(=O)O)s3)cc(-c3[c-]cccc3)n2)c1.[Ru+]. The molecular weight excluding hydrogens is 890 g/mol. The number of hydrogen-bond acceptors (Lipinski definition) is 7. The summed E-state index contributed by atoms with van der Waals surface area (Å²) in [5.41, 5.74) is 6.89. The van der Waals surface area contributed by atoms with Gasteiger partial charge in [0, 0.05) is 51.7 Å². The number of pyridine rings is 4. The number of aromatic carboxylic acids is 4. The molecule has 4 N–H and O–H groups in total. The Morgan fingerprint density at radius 3 is 1.73 bits per heavy atom. The first-order chi connectivity index (χ1) is 28.5. The Labute approximate surface area is 360 Å². The Morgan fingerprint density at radius 1 is 0.567 bits per heavy atom. The fourth-order valence-corrected chi connectivity index (χ4v) is 9.75. The minimum absolute atomic E-state index is 0. The number of rotatable bonds is 9. The van der Waals surface area contributed by atoms with E-state index < -0.39 is 29.7 Å². The molecule has 0 spiro atoms. The third-order valence-electron chi connectivity index (χ3n) is 10.6. The van der Waals surface area contributed by atoms with Gasteiger partial charge in [-0.3, -0.25) is 4.98 Å². The average Bonchev–Trinajstić information content (AvgIpc) is 4.06. The zero-order valence-electron chi connectivity index (χ0n) is 30.6. The van der Waals surface area contributed by atoms with Crippen molar-refractivity contribution in [1.82, 2.24) is 4.98 Å². The van der Waals surface area contributed by atoms with Crippen molar-refractivity contribution in [1.29, 1.82) is 0 Å². The van der Waals surface area contributed by atoms with Gasteiger partial charge >= 0.3 is 49.1 Å². The third-order valence-corrected chi connectivity index (χ3v) is 12.8. The van der Waals surface area contributed by atoms with Gasteiger partial charge in [0.25, 0.3) is 11.4 Å². The van der Waals surface area contributed by atoms with Crippen LogP contribution >= 0.6 is 22.7 Å². The molecule has 8 heterocycles. The van der Waals surface area contributed by atoms with E-state index in [9.17, 15) is 39.6 Å². The van der Waals surface area contributed by atoms with Gasteiger partial charge in [-0.05, 0) is 53.7 Å². The van der Waals surface area contributed by atoms with Gasteiger partial charge < -0.3 is 20.4 Å². The minimum Gasteiger partial charge on any atom is -0.478 e. The summed E-state index contributed by atoms with van der Waals surface area (Å²) in [6.07, 6.45) is 3.40. The molecule has 0 amide bonds. The first-order valence-electron chi connectivity index (χ1n) is 18.0. The van der Waals surface area contributed by atoms with Crippen LogP contribution in [0.1, 0.15) is 45.6 Å². The summed E-state index contributed by atoms with van der Waals surface area (Å²) in [6, 6.07) is 38.6. The number of benzene rings is 2. The molecule has 1 radical (unpaired) electrons. The fraction of sp³-hybridized carbons (Fsp3) is 0.0222. The maximum absolute atomic E-state index is 12.7. The Bertz CT molecular complexity index is 3160. The van der Waals surface area contributed by atoms with Gasteiger partial charge in [-0.2, -0.15) is 0 Å². The molecule has 15 heteroatoms. The van der Waals surface area contributed by atoms with Crippen LogP contribution in [0.2, 0.25) is 0 Å². The number of carboxylic acids is 4. The van der Waals surface area contributed by atoms with E-state index in [0.717, 1.165) is 45.1 Å². The van der Waals surface area contributed by atoms with Crippen molar-refractivity contribution in [3.63, 3.8) is 0 Å². The number of thiophene rings is 2. The summed E-state index contributed by atoms with van der Waals surface area (Å²) in [4.78, 5) is 55.9. The standard InChI is InChI=1S/C45H24N4O8S2.Ru/c50-41(51)25-14-16-47(34(20-25)32-19-27(37-10-12-39(58-37)43(54)55)18-31(46-32)24-6-2-1-3-7-24)45-30-9-5-4-8-29(30)33-22-28(38-11-13-40(59-38)44(56)57)23-36(49(33)45)35-21-26(42(52)53)15-17-48(35)45;/h1-6,8-23H,(H2-2,50,51,52,53,54,55,56,57);/q;+1/p+2. The fourth-order valence-electron chi connectivity index (χ4n) is 8.09.